The minimum absolute atomic E-state index is 0.169. The molecule has 1 unspecified atom stereocenters. The summed E-state index contributed by atoms with van der Waals surface area (Å²) in [5.74, 6) is -0.514. The van der Waals surface area contributed by atoms with Gasteiger partial charge in [-0.05, 0) is 26.7 Å². The molecule has 1 N–H and O–H groups in total. The van der Waals surface area contributed by atoms with Gasteiger partial charge >= 0.3 is 0 Å². The van der Waals surface area contributed by atoms with Crippen LogP contribution in [0.2, 0.25) is 0 Å². The van der Waals surface area contributed by atoms with Crippen LogP contribution in [0.15, 0.2) is 18.6 Å². The lowest BCUT2D eigenvalue weighted by Crippen LogP contribution is -2.43. The SMILES string of the molecule is CCn1ncc(Cn2cc(NC(=O)C3CCCN(S(C)(=O)=O)C3)cn2)c1C. The number of carbonyl (C=O) groups excluding carboxylic acids is 1. The van der Waals surface area contributed by atoms with Crippen LogP contribution in [0.5, 0.6) is 0 Å². The van der Waals surface area contributed by atoms with E-state index < -0.39 is 10.0 Å². The smallest absolute Gasteiger partial charge is 0.228 e. The molecular formula is C17H26N6O3S. The monoisotopic (exact) mass is 394 g/mol. The molecule has 27 heavy (non-hydrogen) atoms. The predicted molar refractivity (Wildman–Crippen MR) is 102 cm³/mol. The van der Waals surface area contributed by atoms with Crippen LogP contribution in [0.4, 0.5) is 5.69 Å². The molecule has 0 aromatic carbocycles. The summed E-state index contributed by atoms with van der Waals surface area (Å²) in [6.45, 7) is 6.17. The van der Waals surface area contributed by atoms with Gasteiger partial charge in [0, 0.05) is 37.1 Å². The van der Waals surface area contributed by atoms with E-state index in [0.717, 1.165) is 17.8 Å². The van der Waals surface area contributed by atoms with Crippen LogP contribution in [0, 0.1) is 12.8 Å². The van der Waals surface area contributed by atoms with Crippen molar-refractivity contribution in [2.75, 3.05) is 24.7 Å². The number of aromatic nitrogens is 4. The molecule has 0 spiro atoms. The molecule has 0 bridgehead atoms. The Hall–Kier alpha value is -2.20. The summed E-state index contributed by atoms with van der Waals surface area (Å²) in [5.41, 5.74) is 2.78. The maximum absolute atomic E-state index is 12.5. The van der Waals surface area contributed by atoms with E-state index in [1.807, 2.05) is 24.7 Å². The van der Waals surface area contributed by atoms with Crippen LogP contribution < -0.4 is 5.32 Å². The van der Waals surface area contributed by atoms with Gasteiger partial charge in [-0.3, -0.25) is 14.2 Å². The third-order valence-electron chi connectivity index (χ3n) is 4.96. The van der Waals surface area contributed by atoms with Gasteiger partial charge in [-0.25, -0.2) is 12.7 Å². The number of anilines is 1. The Morgan fingerprint density at radius 1 is 1.33 bits per heavy atom. The first-order chi connectivity index (χ1) is 12.8. The van der Waals surface area contributed by atoms with Crippen LogP contribution in [0.1, 0.15) is 31.0 Å². The van der Waals surface area contributed by atoms with Crippen molar-refractivity contribution >= 4 is 21.6 Å². The van der Waals surface area contributed by atoms with Crippen LogP contribution >= 0.6 is 0 Å². The summed E-state index contributed by atoms with van der Waals surface area (Å²) in [4.78, 5) is 12.5. The van der Waals surface area contributed by atoms with Gasteiger partial charge in [-0.15, -0.1) is 0 Å². The Kier molecular flexibility index (Phi) is 5.66. The Morgan fingerprint density at radius 2 is 2.11 bits per heavy atom. The number of amides is 1. The highest BCUT2D eigenvalue weighted by Gasteiger charge is 2.30. The molecule has 3 rings (SSSR count). The summed E-state index contributed by atoms with van der Waals surface area (Å²) in [7, 11) is -3.27. The molecule has 1 aliphatic rings. The van der Waals surface area contributed by atoms with Crippen LogP contribution in [0.25, 0.3) is 0 Å². The molecule has 3 heterocycles. The van der Waals surface area contributed by atoms with Crippen LogP contribution in [-0.2, 0) is 27.9 Å². The quantitative estimate of drug-likeness (QED) is 0.789. The average Bonchev–Trinajstić information content (AvgIpc) is 3.21. The average molecular weight is 395 g/mol. The van der Waals surface area contributed by atoms with Gasteiger partial charge in [0.1, 0.15) is 0 Å². The second-order valence-electron chi connectivity index (χ2n) is 6.95. The highest BCUT2D eigenvalue weighted by atomic mass is 32.2. The second-order valence-corrected chi connectivity index (χ2v) is 8.93. The molecule has 0 saturated carbocycles. The minimum atomic E-state index is -3.27. The van der Waals surface area contributed by atoms with Gasteiger partial charge in [-0.2, -0.15) is 10.2 Å². The van der Waals surface area contributed by atoms with E-state index in [2.05, 4.69) is 15.5 Å². The summed E-state index contributed by atoms with van der Waals surface area (Å²) in [5, 5.41) is 11.5. The summed E-state index contributed by atoms with van der Waals surface area (Å²) in [6.07, 6.45) is 7.76. The number of sulfonamides is 1. The zero-order chi connectivity index (χ0) is 19.6. The Morgan fingerprint density at radius 3 is 2.78 bits per heavy atom. The van der Waals surface area contributed by atoms with Crippen molar-refractivity contribution in [1.82, 2.24) is 23.9 Å². The lowest BCUT2D eigenvalue weighted by Gasteiger charge is -2.29. The molecule has 1 fully saturated rings. The number of aryl methyl sites for hydroxylation is 1. The number of carbonyl (C=O) groups is 1. The lowest BCUT2D eigenvalue weighted by atomic mass is 9.99. The molecular weight excluding hydrogens is 368 g/mol. The highest BCUT2D eigenvalue weighted by Crippen LogP contribution is 2.20. The molecule has 10 heteroatoms. The largest absolute Gasteiger partial charge is 0.323 e. The number of hydrogen-bond donors (Lipinski definition) is 1. The first-order valence-corrected chi connectivity index (χ1v) is 10.9. The molecule has 1 aliphatic heterocycles. The number of rotatable bonds is 6. The molecule has 0 aliphatic carbocycles. The number of hydrogen-bond acceptors (Lipinski definition) is 5. The minimum Gasteiger partial charge on any atom is -0.323 e. The number of nitrogens with one attached hydrogen (secondary N) is 1. The Bertz CT molecular complexity index is 917. The van der Waals surface area contributed by atoms with Crippen molar-refractivity contribution in [2.24, 2.45) is 5.92 Å². The number of nitrogens with zero attached hydrogens (tertiary/aromatic N) is 5. The molecule has 2 aromatic rings. The zero-order valence-electron chi connectivity index (χ0n) is 15.9. The molecule has 9 nitrogen and oxygen atoms in total. The standard InChI is InChI=1S/C17H26N6O3S/c1-4-23-13(2)15(8-19-23)10-21-12-16(9-18-21)20-17(24)14-6-5-7-22(11-14)27(3,25)26/h8-9,12,14H,4-7,10-11H2,1-3H3,(H,20,24). The molecule has 148 valence electrons. The Labute approximate surface area is 159 Å². The Balaban J connectivity index is 1.61. The normalized spacial score (nSPS) is 18.6. The van der Waals surface area contributed by atoms with Crippen molar-refractivity contribution in [2.45, 2.75) is 39.8 Å². The van der Waals surface area contributed by atoms with Gasteiger partial charge in [-0.1, -0.05) is 0 Å². The van der Waals surface area contributed by atoms with Crippen molar-refractivity contribution in [1.29, 1.82) is 0 Å². The van der Waals surface area contributed by atoms with Crippen LogP contribution in [-0.4, -0.2) is 57.5 Å². The molecule has 1 atom stereocenters. The van der Waals surface area contributed by atoms with E-state index >= 15 is 0 Å². The fourth-order valence-electron chi connectivity index (χ4n) is 3.35. The summed E-state index contributed by atoms with van der Waals surface area (Å²) in [6, 6.07) is 0. The summed E-state index contributed by atoms with van der Waals surface area (Å²) < 4.78 is 28.5. The molecule has 0 radical (unpaired) electrons. The van der Waals surface area contributed by atoms with Gasteiger partial charge in [0.2, 0.25) is 15.9 Å². The van der Waals surface area contributed by atoms with Crippen molar-refractivity contribution in [3.05, 3.63) is 29.8 Å². The third kappa shape index (κ3) is 4.56. The molecule has 2 aromatic heterocycles. The van der Waals surface area contributed by atoms with E-state index in [0.29, 0.717) is 31.6 Å². The van der Waals surface area contributed by atoms with Crippen LogP contribution in [0.3, 0.4) is 0 Å². The fraction of sp³-hybridized carbons (Fsp3) is 0.588. The van der Waals surface area contributed by atoms with E-state index in [1.54, 1.807) is 17.1 Å². The van der Waals surface area contributed by atoms with E-state index in [-0.39, 0.29) is 18.4 Å². The van der Waals surface area contributed by atoms with Crippen molar-refractivity contribution in [3.63, 3.8) is 0 Å². The fourth-order valence-corrected chi connectivity index (χ4v) is 4.26. The topological polar surface area (TPSA) is 102 Å². The van der Waals surface area contributed by atoms with Gasteiger partial charge in [0.05, 0.1) is 36.8 Å². The first kappa shape index (κ1) is 19.6. The third-order valence-corrected chi connectivity index (χ3v) is 6.23. The van der Waals surface area contributed by atoms with Gasteiger partial charge in [0.15, 0.2) is 0 Å². The predicted octanol–water partition coefficient (Wildman–Crippen LogP) is 1.07. The van der Waals surface area contributed by atoms with Crippen molar-refractivity contribution in [3.8, 4) is 0 Å². The van der Waals surface area contributed by atoms with Gasteiger partial charge < -0.3 is 5.32 Å². The highest BCUT2D eigenvalue weighted by molar-refractivity contribution is 7.88. The maximum Gasteiger partial charge on any atom is 0.228 e. The maximum atomic E-state index is 12.5. The second kappa shape index (κ2) is 7.81. The molecule has 1 saturated heterocycles. The first-order valence-electron chi connectivity index (χ1n) is 9.07. The van der Waals surface area contributed by atoms with Crippen molar-refractivity contribution < 1.29 is 13.2 Å². The van der Waals surface area contributed by atoms with E-state index in [1.165, 1.54) is 10.6 Å². The van der Waals surface area contributed by atoms with Gasteiger partial charge in [0.25, 0.3) is 0 Å². The molecule has 1 amide bonds. The number of piperidine rings is 1. The lowest BCUT2D eigenvalue weighted by molar-refractivity contribution is -0.120. The van der Waals surface area contributed by atoms with E-state index in [9.17, 15) is 13.2 Å². The van der Waals surface area contributed by atoms with E-state index in [4.69, 9.17) is 0 Å². The summed E-state index contributed by atoms with van der Waals surface area (Å²) >= 11 is 0. The zero-order valence-corrected chi connectivity index (χ0v) is 16.7.